The highest BCUT2D eigenvalue weighted by molar-refractivity contribution is 5.85. The lowest BCUT2D eigenvalue weighted by Gasteiger charge is -1.86. The second-order valence-electron chi connectivity index (χ2n) is 2.00. The van der Waals surface area contributed by atoms with Crippen molar-refractivity contribution in [3.63, 3.8) is 0 Å². The average Bonchev–Trinajstić information content (AvgIpc) is 2.17. The van der Waals surface area contributed by atoms with E-state index < -0.39 is 0 Å². The van der Waals surface area contributed by atoms with Gasteiger partial charge in [-0.1, -0.05) is 0 Å². The Morgan fingerprint density at radius 3 is 2.80 bits per heavy atom. The molecular formula is C6H11ClN2O. The molecule has 0 spiro atoms. The largest absolute Gasteiger partial charge is 0.396 e. The third-order valence-electron chi connectivity index (χ3n) is 1.13. The van der Waals surface area contributed by atoms with Crippen molar-refractivity contribution < 1.29 is 5.11 Å². The first-order chi connectivity index (χ1) is 4.33. The van der Waals surface area contributed by atoms with Gasteiger partial charge in [-0.15, -0.1) is 12.4 Å². The Balaban J connectivity index is 0.000000810. The van der Waals surface area contributed by atoms with Crippen LogP contribution in [0.4, 0.5) is 0 Å². The molecule has 1 aromatic rings. The zero-order valence-corrected chi connectivity index (χ0v) is 6.64. The van der Waals surface area contributed by atoms with E-state index in [0.717, 1.165) is 5.69 Å². The zero-order chi connectivity index (χ0) is 6.69. The van der Waals surface area contributed by atoms with Crippen LogP contribution in [0, 0.1) is 0 Å². The molecular weight excluding hydrogens is 152 g/mol. The Hall–Kier alpha value is -0.540. The Bertz CT molecular complexity index is 188. The number of imidazole rings is 1. The SMILES string of the molecule is Cl.Cn1cnc(CCO)c1. The van der Waals surface area contributed by atoms with Gasteiger partial charge < -0.3 is 9.67 Å². The molecule has 3 nitrogen and oxygen atoms in total. The number of nitrogens with zero attached hydrogens (tertiary/aromatic N) is 2. The second-order valence-corrected chi connectivity index (χ2v) is 2.00. The summed E-state index contributed by atoms with van der Waals surface area (Å²) in [6, 6.07) is 0. The number of hydrogen-bond acceptors (Lipinski definition) is 2. The van der Waals surface area contributed by atoms with Crippen molar-refractivity contribution in [3.8, 4) is 0 Å². The Morgan fingerprint density at radius 1 is 1.70 bits per heavy atom. The van der Waals surface area contributed by atoms with Gasteiger partial charge in [-0.2, -0.15) is 0 Å². The number of rotatable bonds is 2. The molecule has 0 bridgehead atoms. The predicted molar refractivity (Wildman–Crippen MR) is 41.2 cm³/mol. The molecule has 1 rings (SSSR count). The van der Waals surface area contributed by atoms with Crippen LogP contribution in [0.1, 0.15) is 5.69 Å². The zero-order valence-electron chi connectivity index (χ0n) is 5.82. The van der Waals surface area contributed by atoms with E-state index in [9.17, 15) is 0 Å². The van der Waals surface area contributed by atoms with Crippen molar-refractivity contribution in [3.05, 3.63) is 18.2 Å². The van der Waals surface area contributed by atoms with E-state index in [1.807, 2.05) is 17.8 Å². The van der Waals surface area contributed by atoms with E-state index in [4.69, 9.17) is 5.11 Å². The molecule has 58 valence electrons. The molecule has 1 aromatic heterocycles. The third kappa shape index (κ3) is 2.37. The molecule has 0 aliphatic carbocycles. The van der Waals surface area contributed by atoms with Crippen LogP contribution in [0.25, 0.3) is 0 Å². The summed E-state index contributed by atoms with van der Waals surface area (Å²) in [7, 11) is 1.91. The summed E-state index contributed by atoms with van der Waals surface area (Å²) in [6.45, 7) is 0.178. The second kappa shape index (κ2) is 4.30. The van der Waals surface area contributed by atoms with E-state index in [-0.39, 0.29) is 19.0 Å². The third-order valence-corrected chi connectivity index (χ3v) is 1.13. The van der Waals surface area contributed by atoms with E-state index in [0.29, 0.717) is 6.42 Å². The minimum atomic E-state index is 0. The number of aryl methyl sites for hydroxylation is 1. The highest BCUT2D eigenvalue weighted by Crippen LogP contribution is 1.92. The van der Waals surface area contributed by atoms with Crippen molar-refractivity contribution in [1.82, 2.24) is 9.55 Å². The smallest absolute Gasteiger partial charge is 0.0946 e. The predicted octanol–water partition coefficient (Wildman–Crippen LogP) is 0.377. The summed E-state index contributed by atoms with van der Waals surface area (Å²) in [4.78, 5) is 4.01. The molecule has 0 aromatic carbocycles. The van der Waals surface area contributed by atoms with Crippen LogP contribution in [0.2, 0.25) is 0 Å². The van der Waals surface area contributed by atoms with Gasteiger partial charge >= 0.3 is 0 Å². The quantitative estimate of drug-likeness (QED) is 0.683. The van der Waals surface area contributed by atoms with Crippen molar-refractivity contribution in [2.45, 2.75) is 6.42 Å². The highest BCUT2D eigenvalue weighted by Gasteiger charge is 1.92. The van der Waals surface area contributed by atoms with Gasteiger partial charge in [0.25, 0.3) is 0 Å². The normalized spacial score (nSPS) is 9.00. The van der Waals surface area contributed by atoms with Gasteiger partial charge in [0, 0.05) is 26.3 Å². The molecule has 0 aliphatic rings. The maximum absolute atomic E-state index is 8.48. The fourth-order valence-corrected chi connectivity index (χ4v) is 0.711. The summed E-state index contributed by atoms with van der Waals surface area (Å²) in [6.07, 6.45) is 4.28. The molecule has 0 fully saturated rings. The summed E-state index contributed by atoms with van der Waals surface area (Å²) in [5.41, 5.74) is 0.944. The number of halogens is 1. The van der Waals surface area contributed by atoms with Gasteiger partial charge in [-0.25, -0.2) is 4.98 Å². The first-order valence-electron chi connectivity index (χ1n) is 2.90. The topological polar surface area (TPSA) is 38.0 Å². The summed E-state index contributed by atoms with van der Waals surface area (Å²) in [5, 5.41) is 8.48. The Kier molecular flexibility index (Phi) is 4.07. The van der Waals surface area contributed by atoms with Gasteiger partial charge in [0.1, 0.15) is 0 Å². The molecule has 0 unspecified atom stereocenters. The number of aliphatic hydroxyl groups is 1. The molecule has 0 radical (unpaired) electrons. The van der Waals surface area contributed by atoms with Crippen LogP contribution in [-0.4, -0.2) is 21.3 Å². The fourth-order valence-electron chi connectivity index (χ4n) is 0.711. The molecule has 0 amide bonds. The van der Waals surface area contributed by atoms with Crippen LogP contribution in [0.3, 0.4) is 0 Å². The van der Waals surface area contributed by atoms with Gasteiger partial charge in [0.15, 0.2) is 0 Å². The molecule has 0 aliphatic heterocycles. The Labute approximate surface area is 66.1 Å². The summed E-state index contributed by atoms with van der Waals surface area (Å²) >= 11 is 0. The van der Waals surface area contributed by atoms with Crippen LogP contribution >= 0.6 is 12.4 Å². The van der Waals surface area contributed by atoms with Gasteiger partial charge in [-0.3, -0.25) is 0 Å². The average molecular weight is 163 g/mol. The van der Waals surface area contributed by atoms with Gasteiger partial charge in [0.05, 0.1) is 12.0 Å². The maximum atomic E-state index is 8.48. The number of aliphatic hydroxyl groups excluding tert-OH is 1. The standard InChI is InChI=1S/C6H10N2O.ClH/c1-8-4-6(2-3-9)7-5-8;/h4-5,9H,2-3H2,1H3;1H. The lowest BCUT2D eigenvalue weighted by molar-refractivity contribution is 0.298. The fraction of sp³-hybridized carbons (Fsp3) is 0.500. The Morgan fingerprint density at radius 2 is 2.40 bits per heavy atom. The van der Waals surface area contributed by atoms with Crippen molar-refractivity contribution >= 4 is 12.4 Å². The monoisotopic (exact) mass is 162 g/mol. The molecule has 4 heteroatoms. The molecule has 0 saturated heterocycles. The van der Waals surface area contributed by atoms with E-state index in [1.54, 1.807) is 6.33 Å². The first kappa shape index (κ1) is 9.46. The summed E-state index contributed by atoms with van der Waals surface area (Å²) in [5.74, 6) is 0. The molecule has 0 saturated carbocycles. The molecule has 10 heavy (non-hydrogen) atoms. The number of aromatic nitrogens is 2. The van der Waals surface area contributed by atoms with E-state index in [1.165, 1.54) is 0 Å². The molecule has 0 atom stereocenters. The summed E-state index contributed by atoms with van der Waals surface area (Å²) < 4.78 is 1.87. The van der Waals surface area contributed by atoms with Gasteiger partial charge in [-0.05, 0) is 0 Å². The van der Waals surface area contributed by atoms with E-state index in [2.05, 4.69) is 4.98 Å². The lowest BCUT2D eigenvalue weighted by atomic mass is 10.4. The van der Waals surface area contributed by atoms with Crippen LogP contribution in [0.5, 0.6) is 0 Å². The first-order valence-corrected chi connectivity index (χ1v) is 2.90. The van der Waals surface area contributed by atoms with Crippen molar-refractivity contribution in [2.75, 3.05) is 6.61 Å². The number of hydrogen-bond donors (Lipinski definition) is 1. The van der Waals surface area contributed by atoms with Crippen LogP contribution in [0.15, 0.2) is 12.5 Å². The molecule has 1 N–H and O–H groups in total. The lowest BCUT2D eigenvalue weighted by Crippen LogP contribution is -1.89. The van der Waals surface area contributed by atoms with E-state index >= 15 is 0 Å². The highest BCUT2D eigenvalue weighted by atomic mass is 35.5. The van der Waals surface area contributed by atoms with Crippen LogP contribution in [-0.2, 0) is 13.5 Å². The molecule has 1 heterocycles. The maximum Gasteiger partial charge on any atom is 0.0946 e. The van der Waals surface area contributed by atoms with Crippen molar-refractivity contribution in [1.29, 1.82) is 0 Å². The van der Waals surface area contributed by atoms with Gasteiger partial charge in [0.2, 0.25) is 0 Å². The van der Waals surface area contributed by atoms with Crippen molar-refractivity contribution in [2.24, 2.45) is 7.05 Å². The van der Waals surface area contributed by atoms with Crippen LogP contribution < -0.4 is 0 Å². The minimum absolute atomic E-state index is 0. The minimum Gasteiger partial charge on any atom is -0.396 e.